The normalized spacial score (nSPS) is 28.4. The summed E-state index contributed by atoms with van der Waals surface area (Å²) in [5.74, 6) is -5.21. The molecule has 1 aliphatic carbocycles. The third-order valence-corrected chi connectivity index (χ3v) is 5.20. The van der Waals surface area contributed by atoms with Crippen LogP contribution in [0.1, 0.15) is 29.9 Å². The minimum absolute atomic E-state index is 0.589. The van der Waals surface area contributed by atoms with Crippen LogP contribution in [0.5, 0.6) is 0 Å². The third kappa shape index (κ3) is 2.84. The molecule has 0 unspecified atom stereocenters. The molecule has 3 rings (SSSR count). The molecule has 0 radical (unpaired) electrons. The fourth-order valence-electron chi connectivity index (χ4n) is 3.85. The van der Waals surface area contributed by atoms with Gasteiger partial charge in [-0.25, -0.2) is 0 Å². The largest absolute Gasteiger partial charge is 0.550 e. The second-order valence-electron chi connectivity index (χ2n) is 6.58. The summed E-state index contributed by atoms with van der Waals surface area (Å²) < 4.78 is 0. The van der Waals surface area contributed by atoms with Gasteiger partial charge in [-0.05, 0) is 11.1 Å². The zero-order valence-electron chi connectivity index (χ0n) is 13.8. The van der Waals surface area contributed by atoms with Crippen LogP contribution in [-0.4, -0.2) is 11.9 Å². The Bertz CT molecular complexity index is 797. The molecule has 0 saturated carbocycles. The van der Waals surface area contributed by atoms with Crippen molar-refractivity contribution in [3.05, 3.63) is 83.9 Å². The van der Waals surface area contributed by atoms with E-state index in [-0.39, 0.29) is 0 Å². The summed E-state index contributed by atoms with van der Waals surface area (Å²) in [6.07, 6.45) is 3.56. The monoisotopic (exact) mass is 334 g/mol. The zero-order valence-corrected chi connectivity index (χ0v) is 13.8. The lowest BCUT2D eigenvalue weighted by Crippen LogP contribution is -2.56. The van der Waals surface area contributed by atoms with E-state index in [0.29, 0.717) is 0 Å². The molecule has 4 atom stereocenters. The second-order valence-corrected chi connectivity index (χ2v) is 6.58. The van der Waals surface area contributed by atoms with Gasteiger partial charge in [-0.15, -0.1) is 0 Å². The molecule has 2 aromatic carbocycles. The lowest BCUT2D eigenvalue weighted by Gasteiger charge is -2.49. The number of carboxylic acid groups (broad SMARTS) is 2. The predicted octanol–water partition coefficient (Wildman–Crippen LogP) is 1.25. The summed E-state index contributed by atoms with van der Waals surface area (Å²) in [4.78, 5) is 24.1. The van der Waals surface area contributed by atoms with Gasteiger partial charge in [0.25, 0.3) is 0 Å². The van der Waals surface area contributed by atoms with E-state index >= 15 is 0 Å². The van der Waals surface area contributed by atoms with E-state index in [1.54, 1.807) is 60.7 Å². The number of aliphatic carboxylic acids is 2. The molecule has 4 heteroatoms. The Morgan fingerprint density at radius 3 is 1.84 bits per heavy atom. The minimum atomic E-state index is -1.63. The van der Waals surface area contributed by atoms with Crippen molar-refractivity contribution in [3.63, 3.8) is 0 Å². The van der Waals surface area contributed by atoms with E-state index in [0.717, 1.165) is 11.1 Å². The number of carbonyl (C=O) groups is 2. The molecule has 2 aromatic rings. The third-order valence-electron chi connectivity index (χ3n) is 5.20. The van der Waals surface area contributed by atoms with E-state index in [9.17, 15) is 19.8 Å². The van der Waals surface area contributed by atoms with Gasteiger partial charge in [-0.1, -0.05) is 79.7 Å². The topological polar surface area (TPSA) is 80.3 Å². The molecule has 0 N–H and O–H groups in total. The fraction of sp³-hybridized carbons (Fsp3) is 0.238. The maximum atomic E-state index is 12.1. The number of hydrogen-bond acceptors (Lipinski definition) is 4. The number of benzene rings is 2. The van der Waals surface area contributed by atoms with Gasteiger partial charge in [0, 0.05) is 35.1 Å². The van der Waals surface area contributed by atoms with Gasteiger partial charge in [0.2, 0.25) is 0 Å². The molecule has 0 spiro atoms. The molecule has 4 nitrogen and oxygen atoms in total. The Kier molecular flexibility index (Phi) is 4.45. The molecule has 25 heavy (non-hydrogen) atoms. The van der Waals surface area contributed by atoms with Gasteiger partial charge >= 0.3 is 0 Å². The Morgan fingerprint density at radius 2 is 1.36 bits per heavy atom. The minimum Gasteiger partial charge on any atom is -0.550 e. The Labute approximate surface area is 146 Å². The van der Waals surface area contributed by atoms with Crippen LogP contribution in [0.2, 0.25) is 0 Å². The Hall–Kier alpha value is -2.88. The Morgan fingerprint density at radius 1 is 0.840 bits per heavy atom. The standard InChI is InChI=1S/C21H20O4/c1-21(20(24)25)17(15-10-6-3-7-11-15)13-12-16(18(21)19(22)23)14-8-4-2-5-9-14/h2-13,16-18H,1H3,(H,22,23)(H,24,25)/p-2/t16-,17-,18-,21-/m1/s1. The lowest BCUT2D eigenvalue weighted by molar-refractivity contribution is -0.336. The molecule has 0 bridgehead atoms. The van der Waals surface area contributed by atoms with Crippen LogP contribution in [0.25, 0.3) is 0 Å². The van der Waals surface area contributed by atoms with Crippen molar-refractivity contribution in [2.75, 3.05) is 0 Å². The average molecular weight is 334 g/mol. The Balaban J connectivity index is 2.18. The van der Waals surface area contributed by atoms with Gasteiger partial charge in [0.15, 0.2) is 0 Å². The summed E-state index contributed by atoms with van der Waals surface area (Å²) in [6.45, 7) is 1.44. The van der Waals surface area contributed by atoms with Crippen molar-refractivity contribution in [1.29, 1.82) is 0 Å². The molecular formula is C21H18O4-2. The van der Waals surface area contributed by atoms with Gasteiger partial charge in [-0.2, -0.15) is 0 Å². The zero-order chi connectivity index (χ0) is 18.0. The summed E-state index contributed by atoms with van der Waals surface area (Å²) in [6, 6.07) is 18.0. The molecular weight excluding hydrogens is 316 g/mol. The molecule has 0 saturated heterocycles. The smallest absolute Gasteiger partial charge is 0.0489 e. The maximum absolute atomic E-state index is 12.1. The first-order valence-corrected chi connectivity index (χ1v) is 8.16. The van der Waals surface area contributed by atoms with Crippen molar-refractivity contribution in [2.45, 2.75) is 18.8 Å². The molecule has 0 aliphatic heterocycles. The summed E-state index contributed by atoms with van der Waals surface area (Å²) in [5, 5.41) is 24.1. The van der Waals surface area contributed by atoms with Gasteiger partial charge in [0.1, 0.15) is 0 Å². The summed E-state index contributed by atoms with van der Waals surface area (Å²) >= 11 is 0. The van der Waals surface area contributed by atoms with Crippen molar-refractivity contribution in [3.8, 4) is 0 Å². The van der Waals surface area contributed by atoms with Crippen molar-refractivity contribution >= 4 is 11.9 Å². The molecule has 0 fully saturated rings. The van der Waals surface area contributed by atoms with Crippen molar-refractivity contribution in [1.82, 2.24) is 0 Å². The first-order chi connectivity index (χ1) is 12.0. The fourth-order valence-corrected chi connectivity index (χ4v) is 3.85. The van der Waals surface area contributed by atoms with Gasteiger partial charge in [-0.3, -0.25) is 0 Å². The van der Waals surface area contributed by atoms with Gasteiger partial charge < -0.3 is 19.8 Å². The first-order valence-electron chi connectivity index (χ1n) is 8.16. The van der Waals surface area contributed by atoms with Crippen LogP contribution in [0.15, 0.2) is 72.8 Å². The highest BCUT2D eigenvalue weighted by Crippen LogP contribution is 2.52. The van der Waals surface area contributed by atoms with Crippen molar-refractivity contribution < 1.29 is 19.8 Å². The quantitative estimate of drug-likeness (QED) is 0.788. The van der Waals surface area contributed by atoms with Crippen LogP contribution in [0.4, 0.5) is 0 Å². The highest BCUT2D eigenvalue weighted by atomic mass is 16.4. The van der Waals surface area contributed by atoms with Crippen LogP contribution < -0.4 is 10.2 Å². The molecule has 0 amide bonds. The second kappa shape index (κ2) is 6.55. The number of carbonyl (C=O) groups excluding carboxylic acids is 2. The molecule has 128 valence electrons. The van der Waals surface area contributed by atoms with Gasteiger partial charge in [0.05, 0.1) is 0 Å². The maximum Gasteiger partial charge on any atom is 0.0489 e. The van der Waals surface area contributed by atoms with Crippen LogP contribution >= 0.6 is 0 Å². The van der Waals surface area contributed by atoms with E-state index in [2.05, 4.69) is 0 Å². The van der Waals surface area contributed by atoms with E-state index < -0.39 is 35.1 Å². The summed E-state index contributed by atoms with van der Waals surface area (Å²) in [5.41, 5.74) is -0.148. The summed E-state index contributed by atoms with van der Waals surface area (Å²) in [7, 11) is 0. The number of carboxylic acids is 2. The molecule has 1 aliphatic rings. The van der Waals surface area contributed by atoms with Crippen LogP contribution in [0.3, 0.4) is 0 Å². The molecule has 0 aromatic heterocycles. The first kappa shape index (κ1) is 17.0. The van der Waals surface area contributed by atoms with E-state index in [4.69, 9.17) is 0 Å². The SMILES string of the molecule is C[C@@]1(C(=O)[O-])[C@@H](c2ccccc2)C=C[C@H](c2ccccc2)[C@@H]1C(=O)[O-]. The van der Waals surface area contributed by atoms with Crippen LogP contribution in [0, 0.1) is 11.3 Å². The highest BCUT2D eigenvalue weighted by molar-refractivity contribution is 5.84. The lowest BCUT2D eigenvalue weighted by atomic mass is 9.57. The van der Waals surface area contributed by atoms with Crippen molar-refractivity contribution in [2.24, 2.45) is 11.3 Å². The average Bonchev–Trinajstić information content (AvgIpc) is 2.62. The van der Waals surface area contributed by atoms with E-state index in [1.165, 1.54) is 6.92 Å². The number of hydrogen-bond donors (Lipinski definition) is 0. The molecule has 0 heterocycles. The predicted molar refractivity (Wildman–Crippen MR) is 89.1 cm³/mol. The number of allylic oxidation sites excluding steroid dienone is 2. The number of rotatable bonds is 4. The van der Waals surface area contributed by atoms with Crippen LogP contribution in [-0.2, 0) is 9.59 Å². The highest BCUT2D eigenvalue weighted by Gasteiger charge is 2.48. The van der Waals surface area contributed by atoms with E-state index in [1.807, 2.05) is 12.1 Å².